The van der Waals surface area contributed by atoms with Crippen molar-refractivity contribution in [3.8, 4) is 0 Å². The Kier molecular flexibility index (Phi) is 3.92. The van der Waals surface area contributed by atoms with Crippen LogP contribution < -0.4 is 0 Å². The zero-order valence-corrected chi connectivity index (χ0v) is 10.3. The fraction of sp³-hybridized carbons (Fsp3) is 0.538. The van der Waals surface area contributed by atoms with E-state index in [1.165, 1.54) is 6.07 Å². The van der Waals surface area contributed by atoms with Crippen LogP contribution in [0.4, 0.5) is 13.2 Å². The Bertz CT molecular complexity index is 395. The van der Waals surface area contributed by atoms with Crippen molar-refractivity contribution in [3.05, 3.63) is 35.4 Å². The predicted octanol–water partition coefficient (Wildman–Crippen LogP) is 2.25. The zero-order chi connectivity index (χ0) is 13.2. The van der Waals surface area contributed by atoms with Gasteiger partial charge in [0.1, 0.15) is 0 Å². The summed E-state index contributed by atoms with van der Waals surface area (Å²) in [6.45, 7) is 4.28. The molecule has 1 radical (unpaired) electrons. The van der Waals surface area contributed by atoms with Crippen LogP contribution in [0.15, 0.2) is 18.2 Å². The van der Waals surface area contributed by atoms with Crippen LogP contribution in [0.5, 0.6) is 0 Å². The monoisotopic (exact) mass is 257 g/mol. The number of nitrogens with zero attached hydrogens (tertiary/aromatic N) is 2. The molecule has 1 saturated heterocycles. The molecule has 2 nitrogen and oxygen atoms in total. The second-order valence-corrected chi connectivity index (χ2v) is 4.71. The lowest BCUT2D eigenvalue weighted by Gasteiger charge is -2.32. The van der Waals surface area contributed by atoms with Gasteiger partial charge in [-0.1, -0.05) is 0 Å². The zero-order valence-electron chi connectivity index (χ0n) is 10.3. The van der Waals surface area contributed by atoms with Crippen molar-refractivity contribution < 1.29 is 13.2 Å². The van der Waals surface area contributed by atoms with E-state index in [1.54, 1.807) is 6.07 Å². The van der Waals surface area contributed by atoms with Crippen LogP contribution in [-0.2, 0) is 12.7 Å². The molecule has 0 amide bonds. The third-order valence-electron chi connectivity index (χ3n) is 3.18. The maximum Gasteiger partial charge on any atom is 0.416 e. The molecule has 0 unspecified atom stereocenters. The maximum atomic E-state index is 12.6. The van der Waals surface area contributed by atoms with Crippen LogP contribution in [0, 0.1) is 6.07 Å². The SMILES string of the molecule is CN1CCN(Cc2c[c]cc(C(F)(F)F)c2)CC1. The van der Waals surface area contributed by atoms with Gasteiger partial charge in [0, 0.05) is 32.7 Å². The smallest absolute Gasteiger partial charge is 0.304 e. The summed E-state index contributed by atoms with van der Waals surface area (Å²) in [5, 5.41) is 0. The molecule has 1 heterocycles. The van der Waals surface area contributed by atoms with Crippen molar-refractivity contribution in [3.63, 3.8) is 0 Å². The summed E-state index contributed by atoms with van der Waals surface area (Å²) in [4.78, 5) is 4.39. The van der Waals surface area contributed by atoms with Crippen molar-refractivity contribution in [1.82, 2.24) is 9.80 Å². The Morgan fingerprint density at radius 1 is 1.17 bits per heavy atom. The predicted molar refractivity (Wildman–Crippen MR) is 63.1 cm³/mol. The molecule has 2 rings (SSSR count). The van der Waals surface area contributed by atoms with Crippen LogP contribution in [0.25, 0.3) is 0 Å². The Morgan fingerprint density at radius 2 is 1.83 bits per heavy atom. The molecular weight excluding hydrogens is 241 g/mol. The minimum Gasteiger partial charge on any atom is -0.304 e. The molecule has 1 aromatic carbocycles. The van der Waals surface area contributed by atoms with Crippen LogP contribution in [0.2, 0.25) is 0 Å². The number of halogens is 3. The van der Waals surface area contributed by atoms with Crippen LogP contribution >= 0.6 is 0 Å². The molecule has 18 heavy (non-hydrogen) atoms. The van der Waals surface area contributed by atoms with Gasteiger partial charge >= 0.3 is 6.18 Å². The van der Waals surface area contributed by atoms with Crippen molar-refractivity contribution in [2.75, 3.05) is 33.2 Å². The molecule has 1 aliphatic heterocycles. The summed E-state index contributed by atoms with van der Waals surface area (Å²) in [5.74, 6) is 0. The maximum absolute atomic E-state index is 12.6. The highest BCUT2D eigenvalue weighted by atomic mass is 19.4. The minimum absolute atomic E-state index is 0.564. The third kappa shape index (κ3) is 3.46. The average Bonchev–Trinajstić information content (AvgIpc) is 2.31. The van der Waals surface area contributed by atoms with E-state index in [0.29, 0.717) is 12.1 Å². The number of piperazine rings is 1. The van der Waals surface area contributed by atoms with E-state index in [9.17, 15) is 13.2 Å². The normalized spacial score (nSPS) is 19.1. The van der Waals surface area contributed by atoms with E-state index in [2.05, 4.69) is 22.9 Å². The van der Waals surface area contributed by atoms with Gasteiger partial charge in [-0.05, 0) is 36.9 Å². The number of rotatable bonds is 2. The molecule has 0 N–H and O–H groups in total. The van der Waals surface area contributed by atoms with E-state index in [-0.39, 0.29) is 0 Å². The Labute approximate surface area is 105 Å². The first kappa shape index (κ1) is 13.4. The van der Waals surface area contributed by atoms with E-state index in [0.717, 1.165) is 32.2 Å². The Balaban J connectivity index is 2.01. The molecule has 5 heteroatoms. The number of alkyl halides is 3. The largest absolute Gasteiger partial charge is 0.416 e. The summed E-state index contributed by atoms with van der Waals surface area (Å²) < 4.78 is 37.7. The average molecular weight is 257 g/mol. The third-order valence-corrected chi connectivity index (χ3v) is 3.18. The van der Waals surface area contributed by atoms with Crippen molar-refractivity contribution in [1.29, 1.82) is 0 Å². The van der Waals surface area contributed by atoms with Gasteiger partial charge in [-0.2, -0.15) is 13.2 Å². The standard InChI is InChI=1S/C13H16F3N2/c1-17-5-7-18(8-6-17)10-11-3-2-4-12(9-11)13(14,15)16/h3-4,9H,5-8,10H2,1H3. The molecule has 0 aromatic heterocycles. The first-order valence-electron chi connectivity index (χ1n) is 5.93. The molecule has 0 aliphatic carbocycles. The van der Waals surface area contributed by atoms with Gasteiger partial charge in [-0.25, -0.2) is 0 Å². The van der Waals surface area contributed by atoms with Crippen molar-refractivity contribution in [2.24, 2.45) is 0 Å². The van der Waals surface area contributed by atoms with Crippen molar-refractivity contribution >= 4 is 0 Å². The van der Waals surface area contributed by atoms with Gasteiger partial charge < -0.3 is 4.90 Å². The van der Waals surface area contributed by atoms with Gasteiger partial charge in [0.25, 0.3) is 0 Å². The summed E-state index contributed by atoms with van der Waals surface area (Å²) in [7, 11) is 2.05. The second kappa shape index (κ2) is 5.28. The molecule has 1 aromatic rings. The first-order chi connectivity index (χ1) is 8.45. The highest BCUT2D eigenvalue weighted by molar-refractivity contribution is 5.24. The topological polar surface area (TPSA) is 6.48 Å². The summed E-state index contributed by atoms with van der Waals surface area (Å²) in [6.07, 6.45) is -4.28. The Hall–Kier alpha value is -1.07. The molecule has 1 aliphatic rings. The number of likely N-dealkylation sites (N-methyl/N-ethyl adjacent to an activating group) is 1. The minimum atomic E-state index is -4.28. The molecular formula is C13H16F3N2. The lowest BCUT2D eigenvalue weighted by atomic mass is 10.1. The number of hydrogen-bond acceptors (Lipinski definition) is 2. The van der Waals surface area contributed by atoms with Gasteiger partial charge in [0.15, 0.2) is 0 Å². The molecule has 1 fully saturated rings. The van der Waals surface area contributed by atoms with E-state index in [4.69, 9.17) is 0 Å². The fourth-order valence-electron chi connectivity index (χ4n) is 2.04. The van der Waals surface area contributed by atoms with E-state index >= 15 is 0 Å². The van der Waals surface area contributed by atoms with Crippen LogP contribution in [0.3, 0.4) is 0 Å². The van der Waals surface area contributed by atoms with Gasteiger partial charge in [-0.3, -0.25) is 4.90 Å². The summed E-state index contributed by atoms with van der Waals surface area (Å²) >= 11 is 0. The molecule has 0 bridgehead atoms. The Morgan fingerprint density at radius 3 is 2.44 bits per heavy atom. The summed E-state index contributed by atoms with van der Waals surface area (Å²) in [5.41, 5.74) is 0.0588. The highest BCUT2D eigenvalue weighted by Crippen LogP contribution is 2.29. The molecule has 0 saturated carbocycles. The highest BCUT2D eigenvalue weighted by Gasteiger charge is 2.30. The van der Waals surface area contributed by atoms with Gasteiger partial charge in [0.05, 0.1) is 5.56 Å². The second-order valence-electron chi connectivity index (χ2n) is 4.71. The fourth-order valence-corrected chi connectivity index (χ4v) is 2.04. The molecule has 0 atom stereocenters. The number of benzene rings is 1. The van der Waals surface area contributed by atoms with Crippen LogP contribution in [0.1, 0.15) is 11.1 Å². The lowest BCUT2D eigenvalue weighted by Crippen LogP contribution is -2.43. The van der Waals surface area contributed by atoms with Gasteiger partial charge in [0.2, 0.25) is 0 Å². The van der Waals surface area contributed by atoms with Gasteiger partial charge in [-0.15, -0.1) is 0 Å². The van der Waals surface area contributed by atoms with E-state index in [1.807, 2.05) is 0 Å². The number of hydrogen-bond donors (Lipinski definition) is 0. The molecule has 0 spiro atoms. The van der Waals surface area contributed by atoms with E-state index < -0.39 is 11.7 Å². The van der Waals surface area contributed by atoms with Crippen LogP contribution in [-0.4, -0.2) is 43.0 Å². The van der Waals surface area contributed by atoms with Crippen molar-refractivity contribution in [2.45, 2.75) is 12.7 Å². The molecule has 99 valence electrons. The first-order valence-corrected chi connectivity index (χ1v) is 5.93. The quantitative estimate of drug-likeness (QED) is 0.802. The summed E-state index contributed by atoms with van der Waals surface area (Å²) in [6, 6.07) is 6.42. The lowest BCUT2D eigenvalue weighted by molar-refractivity contribution is -0.137.